The van der Waals surface area contributed by atoms with Crippen LogP contribution >= 0.6 is 11.3 Å². The van der Waals surface area contributed by atoms with E-state index in [1.165, 1.54) is 0 Å². The lowest BCUT2D eigenvalue weighted by Crippen LogP contribution is -2.53. The van der Waals surface area contributed by atoms with Crippen LogP contribution in [0.1, 0.15) is 31.8 Å². The first-order valence-electron chi connectivity index (χ1n) is 5.50. The third-order valence-electron chi connectivity index (χ3n) is 2.80. The summed E-state index contributed by atoms with van der Waals surface area (Å²) < 4.78 is 5.48. The molecule has 1 atom stereocenters. The van der Waals surface area contributed by atoms with E-state index in [1.54, 1.807) is 24.5 Å². The van der Waals surface area contributed by atoms with E-state index < -0.39 is 6.10 Å². The van der Waals surface area contributed by atoms with Crippen LogP contribution < -0.4 is 4.90 Å². The van der Waals surface area contributed by atoms with E-state index in [-0.39, 0.29) is 5.54 Å². The van der Waals surface area contributed by atoms with Gasteiger partial charge in [0.15, 0.2) is 5.13 Å². The maximum Gasteiger partial charge on any atom is 0.186 e. The van der Waals surface area contributed by atoms with Crippen LogP contribution in [0.3, 0.4) is 0 Å². The maximum absolute atomic E-state index is 9.49. The van der Waals surface area contributed by atoms with Crippen molar-refractivity contribution in [2.45, 2.75) is 32.4 Å². The fourth-order valence-electron chi connectivity index (χ4n) is 1.81. The minimum atomic E-state index is -0.435. The van der Waals surface area contributed by atoms with E-state index in [4.69, 9.17) is 4.74 Å². The normalized spacial score (nSPS) is 22.1. The van der Waals surface area contributed by atoms with Gasteiger partial charge in [0.25, 0.3) is 0 Å². The first kappa shape index (κ1) is 11.8. The SMILES string of the molecule is CC(O)c1cnc(N2CCOCC2(C)C)s1. The first-order chi connectivity index (χ1) is 7.50. The fourth-order valence-corrected chi connectivity index (χ4v) is 2.85. The van der Waals surface area contributed by atoms with Crippen molar-refractivity contribution in [2.75, 3.05) is 24.7 Å². The van der Waals surface area contributed by atoms with Crippen LogP contribution in [0.4, 0.5) is 5.13 Å². The molecule has 0 radical (unpaired) electrons. The number of morpholine rings is 1. The van der Waals surface area contributed by atoms with E-state index in [0.717, 1.165) is 29.8 Å². The van der Waals surface area contributed by atoms with Gasteiger partial charge in [0.2, 0.25) is 0 Å². The third-order valence-corrected chi connectivity index (χ3v) is 3.99. The number of aliphatic hydroxyl groups excluding tert-OH is 1. The molecule has 2 rings (SSSR count). The van der Waals surface area contributed by atoms with Crippen molar-refractivity contribution in [2.24, 2.45) is 0 Å². The van der Waals surface area contributed by atoms with Crippen LogP contribution in [0.5, 0.6) is 0 Å². The molecule has 1 aromatic heterocycles. The number of anilines is 1. The molecule has 1 aliphatic heterocycles. The Kier molecular flexibility index (Phi) is 3.19. The van der Waals surface area contributed by atoms with Crippen molar-refractivity contribution in [3.8, 4) is 0 Å². The summed E-state index contributed by atoms with van der Waals surface area (Å²) in [6, 6.07) is 0. The first-order valence-corrected chi connectivity index (χ1v) is 6.31. The maximum atomic E-state index is 9.49. The van der Waals surface area contributed by atoms with Gasteiger partial charge in [-0.1, -0.05) is 11.3 Å². The molecule has 90 valence electrons. The van der Waals surface area contributed by atoms with Crippen molar-refractivity contribution >= 4 is 16.5 Å². The van der Waals surface area contributed by atoms with Gasteiger partial charge >= 0.3 is 0 Å². The van der Waals surface area contributed by atoms with Gasteiger partial charge in [0.05, 0.1) is 29.7 Å². The topological polar surface area (TPSA) is 45.6 Å². The standard InChI is InChI=1S/C11H18N2O2S/c1-8(14)9-6-12-10(16-9)13-4-5-15-7-11(13,2)3/h6,8,14H,4-5,7H2,1-3H3. The number of hydrogen-bond donors (Lipinski definition) is 1. The number of nitrogens with zero attached hydrogens (tertiary/aromatic N) is 2. The molecule has 0 aromatic carbocycles. The van der Waals surface area contributed by atoms with Crippen LogP contribution in [0.2, 0.25) is 0 Å². The molecule has 4 nitrogen and oxygen atoms in total. The molecule has 1 fully saturated rings. The Labute approximate surface area is 99.9 Å². The second-order valence-corrected chi connectivity index (χ2v) is 5.78. The predicted molar refractivity (Wildman–Crippen MR) is 65.0 cm³/mol. The molecule has 0 bridgehead atoms. The van der Waals surface area contributed by atoms with E-state index in [9.17, 15) is 5.11 Å². The highest BCUT2D eigenvalue weighted by Gasteiger charge is 2.32. The average molecular weight is 242 g/mol. The molecular formula is C11H18N2O2S. The van der Waals surface area contributed by atoms with Crippen LogP contribution in [0.25, 0.3) is 0 Å². The monoisotopic (exact) mass is 242 g/mol. The Hall–Kier alpha value is -0.650. The van der Waals surface area contributed by atoms with Crippen molar-refractivity contribution in [1.82, 2.24) is 4.98 Å². The smallest absolute Gasteiger partial charge is 0.186 e. The molecule has 1 saturated heterocycles. The van der Waals surface area contributed by atoms with E-state index >= 15 is 0 Å². The highest BCUT2D eigenvalue weighted by molar-refractivity contribution is 7.15. The molecule has 2 heterocycles. The van der Waals surface area contributed by atoms with E-state index in [0.29, 0.717) is 0 Å². The fraction of sp³-hybridized carbons (Fsp3) is 0.727. The minimum absolute atomic E-state index is 0.0218. The van der Waals surface area contributed by atoms with Gasteiger partial charge in [-0.2, -0.15) is 0 Å². The van der Waals surface area contributed by atoms with Gasteiger partial charge < -0.3 is 14.7 Å². The van der Waals surface area contributed by atoms with Crippen LogP contribution in [-0.2, 0) is 4.74 Å². The number of aromatic nitrogens is 1. The summed E-state index contributed by atoms with van der Waals surface area (Å²) >= 11 is 1.56. The summed E-state index contributed by atoms with van der Waals surface area (Å²) in [6.45, 7) is 8.39. The van der Waals surface area contributed by atoms with Gasteiger partial charge in [0.1, 0.15) is 0 Å². The number of ether oxygens (including phenoxy) is 1. The number of hydrogen-bond acceptors (Lipinski definition) is 5. The second-order valence-electron chi connectivity index (χ2n) is 4.74. The highest BCUT2D eigenvalue weighted by atomic mass is 32.1. The van der Waals surface area contributed by atoms with E-state index in [2.05, 4.69) is 23.7 Å². The van der Waals surface area contributed by atoms with Crippen molar-refractivity contribution < 1.29 is 9.84 Å². The van der Waals surface area contributed by atoms with Crippen LogP contribution in [0, 0.1) is 0 Å². The van der Waals surface area contributed by atoms with Crippen molar-refractivity contribution in [3.63, 3.8) is 0 Å². The summed E-state index contributed by atoms with van der Waals surface area (Å²) in [6.07, 6.45) is 1.33. The number of aliphatic hydroxyl groups is 1. The molecule has 1 unspecified atom stereocenters. The van der Waals surface area contributed by atoms with Gasteiger partial charge in [-0.3, -0.25) is 0 Å². The lowest BCUT2D eigenvalue weighted by atomic mass is 10.0. The largest absolute Gasteiger partial charge is 0.388 e. The molecule has 1 aliphatic rings. The zero-order valence-corrected chi connectivity index (χ0v) is 10.8. The van der Waals surface area contributed by atoms with Crippen LogP contribution in [-0.4, -0.2) is 35.4 Å². The summed E-state index contributed by atoms with van der Waals surface area (Å²) in [5.74, 6) is 0. The van der Waals surface area contributed by atoms with Gasteiger partial charge in [-0.25, -0.2) is 4.98 Å². The molecule has 16 heavy (non-hydrogen) atoms. The summed E-state index contributed by atoms with van der Waals surface area (Å²) in [4.78, 5) is 7.56. The van der Waals surface area contributed by atoms with Crippen LogP contribution in [0.15, 0.2) is 6.20 Å². The zero-order valence-electron chi connectivity index (χ0n) is 9.93. The van der Waals surface area contributed by atoms with Crippen molar-refractivity contribution in [3.05, 3.63) is 11.1 Å². The Morgan fingerprint density at radius 2 is 2.38 bits per heavy atom. The summed E-state index contributed by atoms with van der Waals surface area (Å²) in [7, 11) is 0. The lowest BCUT2D eigenvalue weighted by molar-refractivity contribution is 0.0644. The van der Waals surface area contributed by atoms with Gasteiger partial charge in [-0.15, -0.1) is 0 Å². The molecule has 0 aliphatic carbocycles. The third kappa shape index (κ3) is 2.21. The minimum Gasteiger partial charge on any atom is -0.388 e. The summed E-state index contributed by atoms with van der Waals surface area (Å²) in [5, 5.41) is 10.5. The Morgan fingerprint density at radius 1 is 1.62 bits per heavy atom. The lowest BCUT2D eigenvalue weighted by Gasteiger charge is -2.42. The number of thiazole rings is 1. The molecule has 1 aromatic rings. The second kappa shape index (κ2) is 4.31. The Balaban J connectivity index is 2.21. The predicted octanol–water partition coefficient (Wildman–Crippen LogP) is 1.81. The van der Waals surface area contributed by atoms with E-state index in [1.807, 2.05) is 0 Å². The molecule has 1 N–H and O–H groups in total. The number of rotatable bonds is 2. The molecule has 0 amide bonds. The molecule has 5 heteroatoms. The van der Waals surface area contributed by atoms with Gasteiger partial charge in [0, 0.05) is 12.7 Å². The Bertz CT molecular complexity index is 363. The van der Waals surface area contributed by atoms with Crippen molar-refractivity contribution in [1.29, 1.82) is 0 Å². The average Bonchev–Trinajstić information content (AvgIpc) is 2.65. The molecule has 0 spiro atoms. The Morgan fingerprint density at radius 3 is 2.94 bits per heavy atom. The highest BCUT2D eigenvalue weighted by Crippen LogP contribution is 2.32. The molecule has 0 saturated carbocycles. The van der Waals surface area contributed by atoms with Gasteiger partial charge in [-0.05, 0) is 20.8 Å². The zero-order chi connectivity index (χ0) is 11.8. The summed E-state index contributed by atoms with van der Waals surface area (Å²) in [5.41, 5.74) is -0.0218. The molecular weight excluding hydrogens is 224 g/mol. The quantitative estimate of drug-likeness (QED) is 0.859.